The molecule has 2 saturated carbocycles. The number of hydrogen-bond acceptors (Lipinski definition) is 5. The summed E-state index contributed by atoms with van der Waals surface area (Å²) in [6, 6.07) is 0.300. The molecule has 0 bridgehead atoms. The Kier molecular flexibility index (Phi) is 3.26. The summed E-state index contributed by atoms with van der Waals surface area (Å²) in [5.41, 5.74) is 6.10. The fourth-order valence-corrected chi connectivity index (χ4v) is 2.63. The molecule has 0 aromatic carbocycles. The molecule has 19 heavy (non-hydrogen) atoms. The minimum Gasteiger partial charge on any atom is -0.346 e. The zero-order valence-electron chi connectivity index (χ0n) is 11.0. The first-order chi connectivity index (χ1) is 9.15. The predicted molar refractivity (Wildman–Crippen MR) is 68.5 cm³/mol. The first-order valence-corrected chi connectivity index (χ1v) is 7.07. The monoisotopic (exact) mass is 264 g/mol. The average Bonchev–Trinajstić information content (AvgIpc) is 3.07. The Morgan fingerprint density at radius 3 is 2.79 bits per heavy atom. The molecular weight excluding hydrogens is 244 g/mol. The highest BCUT2D eigenvalue weighted by Crippen LogP contribution is 2.28. The molecule has 1 aromatic rings. The van der Waals surface area contributed by atoms with Crippen LogP contribution in [0.5, 0.6) is 0 Å². The molecule has 0 unspecified atom stereocenters. The van der Waals surface area contributed by atoms with Crippen molar-refractivity contribution >= 4 is 5.91 Å². The Bertz CT molecular complexity index is 461. The minimum absolute atomic E-state index is 0.126. The van der Waals surface area contributed by atoms with Gasteiger partial charge in [-0.05, 0) is 25.7 Å². The third kappa shape index (κ3) is 3.12. The third-order valence-electron chi connectivity index (χ3n) is 3.94. The number of carbonyl (C=O) groups excluding carboxylic acids is 1. The van der Waals surface area contributed by atoms with Crippen LogP contribution in [-0.2, 0) is 6.42 Å². The highest BCUT2D eigenvalue weighted by molar-refractivity contribution is 5.90. The molecule has 3 rings (SSSR count). The number of nitrogens with zero attached hydrogens (tertiary/aromatic N) is 2. The molecular formula is C13H20N4O2. The summed E-state index contributed by atoms with van der Waals surface area (Å²) in [7, 11) is 0. The summed E-state index contributed by atoms with van der Waals surface area (Å²) in [5.74, 6) is 0.360. The highest BCUT2D eigenvalue weighted by Gasteiger charge is 2.31. The van der Waals surface area contributed by atoms with Gasteiger partial charge in [0.25, 0.3) is 11.7 Å². The summed E-state index contributed by atoms with van der Waals surface area (Å²) in [6.45, 7) is 0. The maximum absolute atomic E-state index is 11.8. The summed E-state index contributed by atoms with van der Waals surface area (Å²) in [6.07, 6.45) is 8.18. The van der Waals surface area contributed by atoms with E-state index in [9.17, 15) is 4.79 Å². The first-order valence-electron chi connectivity index (χ1n) is 7.07. The van der Waals surface area contributed by atoms with E-state index in [2.05, 4.69) is 15.5 Å². The number of rotatable bonds is 4. The molecule has 0 atom stereocenters. The minimum atomic E-state index is -0.243. The second-order valence-corrected chi connectivity index (χ2v) is 5.86. The quantitative estimate of drug-likeness (QED) is 0.851. The van der Waals surface area contributed by atoms with Gasteiger partial charge in [0.15, 0.2) is 0 Å². The first kappa shape index (κ1) is 12.6. The SMILES string of the molecule is NC1(Cc2nc(C(=O)NC3CC3)no2)CCCCC1. The standard InChI is InChI=1S/C13H20N4O2/c14-13(6-2-1-3-7-13)8-10-16-11(17-19-10)12(18)15-9-4-5-9/h9H,1-8,14H2,(H,15,18). The molecule has 6 nitrogen and oxygen atoms in total. The van der Waals surface area contributed by atoms with Crippen LogP contribution in [0.4, 0.5) is 0 Å². The van der Waals surface area contributed by atoms with Crippen molar-refractivity contribution in [1.29, 1.82) is 0 Å². The Morgan fingerprint density at radius 2 is 2.11 bits per heavy atom. The van der Waals surface area contributed by atoms with Crippen LogP contribution in [0.3, 0.4) is 0 Å². The maximum atomic E-state index is 11.8. The molecule has 1 amide bonds. The smallest absolute Gasteiger partial charge is 0.292 e. The summed E-state index contributed by atoms with van der Waals surface area (Å²) in [4.78, 5) is 15.9. The molecule has 1 heterocycles. The molecule has 2 aliphatic rings. The van der Waals surface area contributed by atoms with Gasteiger partial charge in [0, 0.05) is 18.0 Å². The van der Waals surface area contributed by atoms with Gasteiger partial charge in [-0.3, -0.25) is 4.79 Å². The van der Waals surface area contributed by atoms with E-state index < -0.39 is 0 Å². The summed E-state index contributed by atoms with van der Waals surface area (Å²) in [5, 5.41) is 6.58. The fraction of sp³-hybridized carbons (Fsp3) is 0.769. The van der Waals surface area contributed by atoms with E-state index in [0.29, 0.717) is 18.4 Å². The Morgan fingerprint density at radius 1 is 1.37 bits per heavy atom. The zero-order chi connectivity index (χ0) is 13.3. The molecule has 2 aliphatic carbocycles. The number of carbonyl (C=O) groups is 1. The van der Waals surface area contributed by atoms with Gasteiger partial charge in [-0.15, -0.1) is 0 Å². The largest absolute Gasteiger partial charge is 0.346 e. The lowest BCUT2D eigenvalue weighted by Gasteiger charge is -2.31. The number of hydrogen-bond donors (Lipinski definition) is 2. The lowest BCUT2D eigenvalue weighted by atomic mass is 9.80. The molecule has 0 radical (unpaired) electrons. The lowest BCUT2D eigenvalue weighted by molar-refractivity contribution is 0.0937. The number of nitrogens with one attached hydrogen (secondary N) is 1. The van der Waals surface area contributed by atoms with Gasteiger partial charge in [0.2, 0.25) is 5.89 Å². The van der Waals surface area contributed by atoms with Gasteiger partial charge in [0.1, 0.15) is 0 Å². The van der Waals surface area contributed by atoms with E-state index >= 15 is 0 Å². The topological polar surface area (TPSA) is 94.0 Å². The Labute approximate surface area is 112 Å². The van der Waals surface area contributed by atoms with E-state index in [1.807, 2.05) is 0 Å². The van der Waals surface area contributed by atoms with Gasteiger partial charge in [-0.1, -0.05) is 24.4 Å². The fourth-order valence-electron chi connectivity index (χ4n) is 2.63. The molecule has 0 saturated heterocycles. The van der Waals surface area contributed by atoms with Crippen LogP contribution in [0.25, 0.3) is 0 Å². The van der Waals surface area contributed by atoms with Crippen molar-refractivity contribution in [3.63, 3.8) is 0 Å². The zero-order valence-corrected chi connectivity index (χ0v) is 11.0. The average molecular weight is 264 g/mol. The van der Waals surface area contributed by atoms with Gasteiger partial charge >= 0.3 is 0 Å². The van der Waals surface area contributed by atoms with E-state index in [-0.39, 0.29) is 17.3 Å². The number of aromatic nitrogens is 2. The molecule has 0 spiro atoms. The van der Waals surface area contributed by atoms with Crippen LogP contribution in [0.1, 0.15) is 61.5 Å². The number of amides is 1. The van der Waals surface area contributed by atoms with Crippen molar-refractivity contribution in [3.05, 3.63) is 11.7 Å². The van der Waals surface area contributed by atoms with E-state index in [0.717, 1.165) is 38.5 Å². The van der Waals surface area contributed by atoms with Crippen molar-refractivity contribution in [2.75, 3.05) is 0 Å². The van der Waals surface area contributed by atoms with E-state index in [1.54, 1.807) is 0 Å². The van der Waals surface area contributed by atoms with Crippen LogP contribution in [0.2, 0.25) is 0 Å². The second-order valence-electron chi connectivity index (χ2n) is 5.86. The van der Waals surface area contributed by atoms with Crippen molar-refractivity contribution in [3.8, 4) is 0 Å². The van der Waals surface area contributed by atoms with Crippen LogP contribution in [-0.4, -0.2) is 27.6 Å². The van der Waals surface area contributed by atoms with Crippen LogP contribution in [0, 0.1) is 0 Å². The predicted octanol–water partition coefficient (Wildman–Crippen LogP) is 1.17. The Balaban J connectivity index is 1.61. The summed E-state index contributed by atoms with van der Waals surface area (Å²) < 4.78 is 5.15. The van der Waals surface area contributed by atoms with Crippen molar-refractivity contribution in [1.82, 2.24) is 15.5 Å². The third-order valence-corrected chi connectivity index (χ3v) is 3.94. The van der Waals surface area contributed by atoms with Gasteiger partial charge in [-0.2, -0.15) is 4.98 Å². The van der Waals surface area contributed by atoms with Crippen molar-refractivity contribution < 1.29 is 9.32 Å². The second kappa shape index (κ2) is 4.92. The van der Waals surface area contributed by atoms with Gasteiger partial charge in [0.05, 0.1) is 0 Å². The van der Waals surface area contributed by atoms with E-state index in [4.69, 9.17) is 10.3 Å². The van der Waals surface area contributed by atoms with E-state index in [1.165, 1.54) is 6.42 Å². The molecule has 2 fully saturated rings. The number of nitrogens with two attached hydrogens (primary N) is 1. The normalized spacial score (nSPS) is 22.2. The van der Waals surface area contributed by atoms with Crippen molar-refractivity contribution in [2.45, 2.75) is 62.9 Å². The summed E-state index contributed by atoms with van der Waals surface area (Å²) >= 11 is 0. The van der Waals surface area contributed by atoms with Gasteiger partial charge < -0.3 is 15.6 Å². The molecule has 0 aliphatic heterocycles. The molecule has 3 N–H and O–H groups in total. The molecule has 1 aromatic heterocycles. The maximum Gasteiger partial charge on any atom is 0.292 e. The van der Waals surface area contributed by atoms with Crippen LogP contribution >= 0.6 is 0 Å². The Hall–Kier alpha value is -1.43. The van der Waals surface area contributed by atoms with Gasteiger partial charge in [-0.25, -0.2) is 0 Å². The van der Waals surface area contributed by atoms with Crippen molar-refractivity contribution in [2.24, 2.45) is 5.73 Å². The molecule has 104 valence electrons. The van der Waals surface area contributed by atoms with Crippen LogP contribution in [0.15, 0.2) is 4.52 Å². The highest BCUT2D eigenvalue weighted by atomic mass is 16.5. The lowest BCUT2D eigenvalue weighted by Crippen LogP contribution is -2.43. The van der Waals surface area contributed by atoms with Crippen LogP contribution < -0.4 is 11.1 Å². The molecule has 6 heteroatoms.